The van der Waals surface area contributed by atoms with Crippen LogP contribution in [0.5, 0.6) is 0 Å². The van der Waals surface area contributed by atoms with Gasteiger partial charge in [-0.15, -0.1) is 11.3 Å². The average molecular weight is 321 g/mol. The number of carbonyl (C=O) groups is 1. The Morgan fingerprint density at radius 1 is 1.18 bits per heavy atom. The molecule has 1 aromatic heterocycles. The van der Waals surface area contributed by atoms with Gasteiger partial charge in [0.2, 0.25) is 5.91 Å². The smallest absolute Gasteiger partial charge is 0.223 e. The number of rotatable bonds is 5. The molecule has 122 valence electrons. The SMILES string of the molecule is O=C(NCc1nc(CN2CCCCC2)cs1)C1CCCCC1. The molecule has 1 aliphatic carbocycles. The Morgan fingerprint density at radius 3 is 2.68 bits per heavy atom. The number of hydrogen-bond acceptors (Lipinski definition) is 4. The fraction of sp³-hybridized carbons (Fsp3) is 0.765. The highest BCUT2D eigenvalue weighted by atomic mass is 32.1. The molecule has 1 aliphatic heterocycles. The quantitative estimate of drug-likeness (QED) is 0.905. The van der Waals surface area contributed by atoms with E-state index in [9.17, 15) is 4.79 Å². The molecule has 3 rings (SSSR count). The number of amides is 1. The summed E-state index contributed by atoms with van der Waals surface area (Å²) < 4.78 is 0. The lowest BCUT2D eigenvalue weighted by Crippen LogP contribution is -2.31. The van der Waals surface area contributed by atoms with E-state index in [2.05, 4.69) is 20.6 Å². The predicted octanol–water partition coefficient (Wildman–Crippen LogP) is 3.33. The monoisotopic (exact) mass is 321 g/mol. The summed E-state index contributed by atoms with van der Waals surface area (Å²) in [4.78, 5) is 19.3. The third-order valence-corrected chi connectivity index (χ3v) is 5.72. The van der Waals surface area contributed by atoms with Gasteiger partial charge in [0, 0.05) is 17.8 Å². The van der Waals surface area contributed by atoms with E-state index in [1.54, 1.807) is 11.3 Å². The van der Waals surface area contributed by atoms with E-state index in [1.165, 1.54) is 51.6 Å². The van der Waals surface area contributed by atoms with Gasteiger partial charge in [-0.3, -0.25) is 9.69 Å². The normalized spacial score (nSPS) is 20.9. The molecule has 0 radical (unpaired) electrons. The molecule has 0 bridgehead atoms. The van der Waals surface area contributed by atoms with E-state index in [0.29, 0.717) is 6.54 Å². The molecule has 4 nitrogen and oxygen atoms in total. The van der Waals surface area contributed by atoms with Crippen molar-refractivity contribution in [2.24, 2.45) is 5.92 Å². The third-order valence-electron chi connectivity index (χ3n) is 4.82. The summed E-state index contributed by atoms with van der Waals surface area (Å²) in [6, 6.07) is 0. The van der Waals surface area contributed by atoms with E-state index in [0.717, 1.165) is 30.1 Å². The second-order valence-electron chi connectivity index (χ2n) is 6.62. The molecule has 0 aromatic carbocycles. The van der Waals surface area contributed by atoms with Crippen molar-refractivity contribution in [2.75, 3.05) is 13.1 Å². The zero-order valence-corrected chi connectivity index (χ0v) is 14.2. The van der Waals surface area contributed by atoms with Gasteiger partial charge in [-0.2, -0.15) is 0 Å². The molecule has 1 saturated carbocycles. The van der Waals surface area contributed by atoms with Gasteiger partial charge in [0.25, 0.3) is 0 Å². The van der Waals surface area contributed by atoms with Crippen molar-refractivity contribution >= 4 is 17.2 Å². The molecule has 1 amide bonds. The molecular formula is C17H27N3OS. The fourth-order valence-electron chi connectivity index (χ4n) is 3.52. The zero-order chi connectivity index (χ0) is 15.2. The summed E-state index contributed by atoms with van der Waals surface area (Å²) >= 11 is 1.67. The minimum Gasteiger partial charge on any atom is -0.349 e. The first-order valence-corrected chi connectivity index (χ1v) is 9.62. The van der Waals surface area contributed by atoms with Gasteiger partial charge in [0.15, 0.2) is 0 Å². The Bertz CT molecular complexity index is 476. The van der Waals surface area contributed by atoms with Crippen LogP contribution in [-0.4, -0.2) is 28.9 Å². The van der Waals surface area contributed by atoms with Gasteiger partial charge in [-0.25, -0.2) is 4.98 Å². The van der Waals surface area contributed by atoms with Crippen LogP contribution < -0.4 is 5.32 Å². The third kappa shape index (κ3) is 4.53. The van der Waals surface area contributed by atoms with Crippen molar-refractivity contribution in [1.29, 1.82) is 0 Å². The van der Waals surface area contributed by atoms with Gasteiger partial charge in [0.1, 0.15) is 5.01 Å². The average Bonchev–Trinajstić information content (AvgIpc) is 3.02. The van der Waals surface area contributed by atoms with E-state index in [1.807, 2.05) is 0 Å². The molecule has 2 aliphatic rings. The molecule has 2 heterocycles. The van der Waals surface area contributed by atoms with Crippen LogP contribution in [0.25, 0.3) is 0 Å². The number of hydrogen-bond donors (Lipinski definition) is 1. The van der Waals surface area contributed by atoms with Crippen molar-refractivity contribution in [1.82, 2.24) is 15.2 Å². The Balaban J connectivity index is 1.43. The number of thiazole rings is 1. The molecule has 22 heavy (non-hydrogen) atoms. The van der Waals surface area contributed by atoms with Gasteiger partial charge < -0.3 is 5.32 Å². The summed E-state index contributed by atoms with van der Waals surface area (Å²) in [6.45, 7) is 3.96. The van der Waals surface area contributed by atoms with E-state index < -0.39 is 0 Å². The van der Waals surface area contributed by atoms with Crippen LogP contribution in [0.1, 0.15) is 62.1 Å². The minimum absolute atomic E-state index is 0.229. The Morgan fingerprint density at radius 2 is 1.91 bits per heavy atom. The Hall–Kier alpha value is -0.940. The molecule has 0 atom stereocenters. The largest absolute Gasteiger partial charge is 0.349 e. The van der Waals surface area contributed by atoms with Crippen molar-refractivity contribution in [3.05, 3.63) is 16.1 Å². The van der Waals surface area contributed by atoms with Crippen molar-refractivity contribution in [3.8, 4) is 0 Å². The van der Waals surface area contributed by atoms with Crippen LogP contribution in [0.4, 0.5) is 0 Å². The van der Waals surface area contributed by atoms with Crippen LogP contribution in [0.3, 0.4) is 0 Å². The molecule has 0 unspecified atom stereocenters. The topological polar surface area (TPSA) is 45.2 Å². The summed E-state index contributed by atoms with van der Waals surface area (Å²) in [7, 11) is 0. The highest BCUT2D eigenvalue weighted by Crippen LogP contribution is 2.24. The summed E-state index contributed by atoms with van der Waals surface area (Å²) in [5, 5.41) is 6.27. The van der Waals surface area contributed by atoms with E-state index >= 15 is 0 Å². The molecule has 1 saturated heterocycles. The number of aromatic nitrogens is 1. The zero-order valence-electron chi connectivity index (χ0n) is 13.4. The van der Waals surface area contributed by atoms with Gasteiger partial charge in [-0.1, -0.05) is 25.7 Å². The van der Waals surface area contributed by atoms with Crippen LogP contribution in [0.2, 0.25) is 0 Å². The summed E-state index contributed by atoms with van der Waals surface area (Å²) in [6.07, 6.45) is 9.81. The second kappa shape index (κ2) is 8.06. The van der Waals surface area contributed by atoms with E-state index in [4.69, 9.17) is 0 Å². The highest BCUT2D eigenvalue weighted by molar-refractivity contribution is 7.09. The number of piperidine rings is 1. The molecule has 2 fully saturated rings. The van der Waals surface area contributed by atoms with Crippen molar-refractivity contribution in [3.63, 3.8) is 0 Å². The van der Waals surface area contributed by atoms with Gasteiger partial charge in [0.05, 0.1) is 12.2 Å². The lowest BCUT2D eigenvalue weighted by molar-refractivity contribution is -0.126. The molecule has 1 aromatic rings. The highest BCUT2D eigenvalue weighted by Gasteiger charge is 2.21. The van der Waals surface area contributed by atoms with Gasteiger partial charge in [-0.05, 0) is 38.8 Å². The van der Waals surface area contributed by atoms with Crippen molar-refractivity contribution < 1.29 is 4.79 Å². The van der Waals surface area contributed by atoms with Crippen LogP contribution in [0, 0.1) is 5.92 Å². The number of carbonyl (C=O) groups excluding carboxylic acids is 1. The van der Waals surface area contributed by atoms with Crippen molar-refractivity contribution in [2.45, 2.75) is 64.5 Å². The maximum Gasteiger partial charge on any atom is 0.223 e. The number of nitrogens with one attached hydrogen (secondary N) is 1. The second-order valence-corrected chi connectivity index (χ2v) is 7.56. The standard InChI is InChI=1S/C17H27N3OS/c21-17(14-7-3-1-4-8-14)18-11-16-19-15(13-22-16)12-20-9-5-2-6-10-20/h13-14H,1-12H2,(H,18,21). The predicted molar refractivity (Wildman–Crippen MR) is 89.7 cm³/mol. The number of likely N-dealkylation sites (tertiary alicyclic amines) is 1. The lowest BCUT2D eigenvalue weighted by atomic mass is 9.89. The summed E-state index contributed by atoms with van der Waals surface area (Å²) in [5.74, 6) is 0.467. The van der Waals surface area contributed by atoms with E-state index in [-0.39, 0.29) is 11.8 Å². The molecule has 5 heteroatoms. The molecular weight excluding hydrogens is 294 g/mol. The van der Waals surface area contributed by atoms with Crippen LogP contribution in [-0.2, 0) is 17.9 Å². The fourth-order valence-corrected chi connectivity index (χ4v) is 4.25. The maximum absolute atomic E-state index is 12.2. The Labute approximate surface area is 137 Å². The van der Waals surface area contributed by atoms with Crippen LogP contribution >= 0.6 is 11.3 Å². The minimum atomic E-state index is 0.229. The first kappa shape index (κ1) is 15.9. The lowest BCUT2D eigenvalue weighted by Gasteiger charge is -2.25. The Kier molecular flexibility index (Phi) is 5.84. The van der Waals surface area contributed by atoms with Crippen LogP contribution in [0.15, 0.2) is 5.38 Å². The maximum atomic E-state index is 12.2. The first-order chi connectivity index (χ1) is 10.8. The molecule has 0 spiro atoms. The molecule has 1 N–H and O–H groups in total. The number of nitrogens with zero attached hydrogens (tertiary/aromatic N) is 2. The van der Waals surface area contributed by atoms with Gasteiger partial charge >= 0.3 is 0 Å². The summed E-state index contributed by atoms with van der Waals surface area (Å²) in [5.41, 5.74) is 1.16. The first-order valence-electron chi connectivity index (χ1n) is 8.74.